The zero-order chi connectivity index (χ0) is 31.5. The number of carbonyl (C=O) groups excluding carboxylic acids is 1. The molecule has 2 aliphatic heterocycles. The van der Waals surface area contributed by atoms with Gasteiger partial charge in [-0.2, -0.15) is 14.6 Å². The van der Waals surface area contributed by atoms with Gasteiger partial charge < -0.3 is 29.8 Å². The van der Waals surface area contributed by atoms with Crippen LogP contribution in [0.2, 0.25) is 0 Å². The summed E-state index contributed by atoms with van der Waals surface area (Å²) in [7, 11) is 0. The lowest BCUT2D eigenvalue weighted by Gasteiger charge is -2.36. The topological polar surface area (TPSA) is 157 Å². The molecule has 6 heterocycles. The summed E-state index contributed by atoms with van der Waals surface area (Å²) in [5, 5.41) is 12.6. The minimum atomic E-state index is -0.375. The molecule has 0 spiro atoms. The maximum Gasteiger partial charge on any atom is 0.257 e. The van der Waals surface area contributed by atoms with Crippen LogP contribution >= 0.6 is 0 Å². The molecular weight excluding hydrogens is 597 g/mol. The molecule has 0 radical (unpaired) electrons. The number of aromatic nitrogens is 6. The number of benzene rings is 1. The SMILES string of the molecule is Nc1nc2c(cnn2CCN2CCN(c3ccc(OCC(=O)NCCN4CCOCC4)cc3F)CC2)c2nc(-c3ccco3)nn12. The third kappa shape index (κ3) is 6.45. The van der Waals surface area contributed by atoms with Crippen molar-refractivity contribution >= 4 is 34.2 Å². The second kappa shape index (κ2) is 13.3. The van der Waals surface area contributed by atoms with Gasteiger partial charge in [-0.25, -0.2) is 14.1 Å². The van der Waals surface area contributed by atoms with Crippen LogP contribution in [0.5, 0.6) is 5.75 Å². The van der Waals surface area contributed by atoms with Gasteiger partial charge >= 0.3 is 0 Å². The molecule has 0 aliphatic carbocycles. The molecule has 2 saturated heterocycles. The van der Waals surface area contributed by atoms with Crippen molar-refractivity contribution in [1.29, 1.82) is 0 Å². The van der Waals surface area contributed by atoms with E-state index in [1.165, 1.54) is 10.6 Å². The number of hydrogen-bond donors (Lipinski definition) is 2. The molecule has 0 bridgehead atoms. The van der Waals surface area contributed by atoms with Gasteiger partial charge in [-0.05, 0) is 24.3 Å². The Hall–Kier alpha value is -4.80. The fraction of sp³-hybridized carbons (Fsp3) is 0.433. The Bertz CT molecular complexity index is 1790. The van der Waals surface area contributed by atoms with E-state index in [4.69, 9.17) is 19.6 Å². The predicted octanol–water partition coefficient (Wildman–Crippen LogP) is 1.10. The van der Waals surface area contributed by atoms with Gasteiger partial charge in [-0.1, -0.05) is 0 Å². The van der Waals surface area contributed by atoms with Crippen molar-refractivity contribution in [1.82, 2.24) is 44.5 Å². The first-order valence-corrected chi connectivity index (χ1v) is 15.4. The Labute approximate surface area is 263 Å². The highest BCUT2D eigenvalue weighted by molar-refractivity contribution is 5.90. The lowest BCUT2D eigenvalue weighted by molar-refractivity contribution is -0.123. The van der Waals surface area contributed by atoms with Crippen molar-refractivity contribution in [3.8, 4) is 17.3 Å². The number of morpholine rings is 1. The lowest BCUT2D eigenvalue weighted by Crippen LogP contribution is -2.47. The minimum absolute atomic E-state index is 0.163. The van der Waals surface area contributed by atoms with Crippen LogP contribution in [-0.2, 0) is 16.1 Å². The van der Waals surface area contributed by atoms with E-state index in [1.54, 1.807) is 36.7 Å². The van der Waals surface area contributed by atoms with Crippen LogP contribution in [0.4, 0.5) is 16.0 Å². The second-order valence-corrected chi connectivity index (χ2v) is 11.3. The Balaban J connectivity index is 0.890. The number of ether oxygens (including phenoxy) is 2. The molecule has 7 rings (SSSR count). The minimum Gasteiger partial charge on any atom is -0.484 e. The average Bonchev–Trinajstić information content (AvgIpc) is 3.84. The molecule has 2 aliphatic rings. The molecule has 1 amide bonds. The number of halogens is 1. The van der Waals surface area contributed by atoms with Crippen molar-refractivity contribution in [3.63, 3.8) is 0 Å². The van der Waals surface area contributed by atoms with Crippen LogP contribution in [0.3, 0.4) is 0 Å². The summed E-state index contributed by atoms with van der Waals surface area (Å²) >= 11 is 0. The highest BCUT2D eigenvalue weighted by Crippen LogP contribution is 2.26. The largest absolute Gasteiger partial charge is 0.484 e. The van der Waals surface area contributed by atoms with E-state index in [2.05, 4.69) is 35.3 Å². The number of amides is 1. The fourth-order valence-corrected chi connectivity index (χ4v) is 5.79. The number of fused-ring (bicyclic) bond motifs is 3. The van der Waals surface area contributed by atoms with E-state index in [0.717, 1.165) is 57.9 Å². The van der Waals surface area contributed by atoms with Crippen LogP contribution in [0.25, 0.3) is 28.3 Å². The van der Waals surface area contributed by atoms with Gasteiger partial charge in [0.15, 0.2) is 23.7 Å². The zero-order valence-electron chi connectivity index (χ0n) is 25.3. The number of hydrogen-bond acceptors (Lipinski definition) is 12. The van der Waals surface area contributed by atoms with E-state index in [0.29, 0.717) is 60.5 Å². The van der Waals surface area contributed by atoms with Crippen molar-refractivity contribution in [3.05, 3.63) is 48.6 Å². The molecular formula is C30H36FN11O4. The van der Waals surface area contributed by atoms with Gasteiger partial charge in [-0.15, -0.1) is 5.10 Å². The summed E-state index contributed by atoms with van der Waals surface area (Å²) in [5.74, 6) is 0.895. The molecule has 2 fully saturated rings. The first-order valence-electron chi connectivity index (χ1n) is 15.4. The predicted molar refractivity (Wildman–Crippen MR) is 167 cm³/mol. The van der Waals surface area contributed by atoms with Crippen LogP contribution in [0.1, 0.15) is 0 Å². The number of nitrogens with two attached hydrogens (primary N) is 1. The Morgan fingerprint density at radius 3 is 2.61 bits per heavy atom. The molecule has 0 saturated carbocycles. The Morgan fingerprint density at radius 2 is 1.83 bits per heavy atom. The van der Waals surface area contributed by atoms with Crippen molar-refractivity contribution in [2.45, 2.75) is 6.54 Å². The van der Waals surface area contributed by atoms with Crippen LogP contribution in [0.15, 0.2) is 47.2 Å². The maximum atomic E-state index is 15.1. The molecule has 16 heteroatoms. The molecule has 0 atom stereocenters. The summed E-state index contributed by atoms with van der Waals surface area (Å²) in [4.78, 5) is 27.9. The van der Waals surface area contributed by atoms with Gasteiger partial charge in [0.25, 0.3) is 5.91 Å². The fourth-order valence-electron chi connectivity index (χ4n) is 5.79. The standard InChI is InChI=1S/C30H36FN11O4/c31-23-18-21(46-20-26(43)33-5-6-38-13-16-44-17-14-38)3-4-24(23)40-10-7-39(8-11-40)9-12-41-28-22(19-34-41)29-35-27(25-2-1-15-45-25)37-42(29)30(32)36-28/h1-4,15,18-19H,5-14,16-17,20H2,(H2,32,36)(H,33,43). The van der Waals surface area contributed by atoms with E-state index in [1.807, 2.05) is 9.58 Å². The van der Waals surface area contributed by atoms with E-state index >= 15 is 4.39 Å². The number of nitrogens with zero attached hydrogens (tertiary/aromatic N) is 9. The van der Waals surface area contributed by atoms with Crippen molar-refractivity contribution < 1.29 is 23.1 Å². The first-order chi connectivity index (χ1) is 22.5. The molecule has 46 heavy (non-hydrogen) atoms. The van der Waals surface area contributed by atoms with Crippen LogP contribution in [0, 0.1) is 5.82 Å². The van der Waals surface area contributed by atoms with Gasteiger partial charge in [0.2, 0.25) is 11.8 Å². The first kappa shape index (κ1) is 29.9. The highest BCUT2D eigenvalue weighted by Gasteiger charge is 2.22. The molecule has 3 N–H and O–H groups in total. The summed E-state index contributed by atoms with van der Waals surface area (Å²) in [6.07, 6.45) is 3.29. The average molecular weight is 634 g/mol. The number of rotatable bonds is 11. The summed E-state index contributed by atoms with van der Waals surface area (Å²) in [6, 6.07) is 8.32. The number of anilines is 2. The number of nitrogen functional groups attached to an aromatic ring is 1. The maximum absolute atomic E-state index is 15.1. The van der Waals surface area contributed by atoms with E-state index in [9.17, 15) is 4.79 Å². The van der Waals surface area contributed by atoms with Crippen molar-refractivity contribution in [2.24, 2.45) is 0 Å². The molecule has 4 aromatic heterocycles. The van der Waals surface area contributed by atoms with Crippen molar-refractivity contribution in [2.75, 3.05) is 89.4 Å². The molecule has 5 aromatic rings. The third-order valence-electron chi connectivity index (χ3n) is 8.32. The van der Waals surface area contributed by atoms with Crippen LogP contribution < -0.4 is 20.7 Å². The van der Waals surface area contributed by atoms with Gasteiger partial charge in [0.1, 0.15) is 11.6 Å². The quantitative estimate of drug-likeness (QED) is 0.214. The van der Waals surface area contributed by atoms with Crippen LogP contribution in [-0.4, -0.2) is 124 Å². The number of piperazine rings is 1. The Kier molecular flexibility index (Phi) is 8.63. The number of furan rings is 1. The molecule has 15 nitrogen and oxygen atoms in total. The number of carbonyl (C=O) groups is 1. The molecule has 1 aromatic carbocycles. The summed E-state index contributed by atoms with van der Waals surface area (Å²) in [6.45, 7) is 8.52. The van der Waals surface area contributed by atoms with E-state index in [-0.39, 0.29) is 24.3 Å². The monoisotopic (exact) mass is 633 g/mol. The molecule has 242 valence electrons. The Morgan fingerprint density at radius 1 is 1.00 bits per heavy atom. The third-order valence-corrected chi connectivity index (χ3v) is 8.32. The number of nitrogens with one attached hydrogen (secondary N) is 1. The van der Waals surface area contributed by atoms with Gasteiger partial charge in [0, 0.05) is 65.0 Å². The summed E-state index contributed by atoms with van der Waals surface area (Å²) < 4.78 is 34.7. The lowest BCUT2D eigenvalue weighted by atomic mass is 10.2. The zero-order valence-corrected chi connectivity index (χ0v) is 25.3. The smallest absolute Gasteiger partial charge is 0.257 e. The second-order valence-electron chi connectivity index (χ2n) is 11.3. The summed E-state index contributed by atoms with van der Waals surface area (Å²) in [5.41, 5.74) is 7.94. The normalized spacial score (nSPS) is 16.4. The van der Waals surface area contributed by atoms with Gasteiger partial charge in [-0.3, -0.25) is 14.6 Å². The van der Waals surface area contributed by atoms with E-state index < -0.39 is 0 Å². The molecule has 0 unspecified atom stereocenters. The van der Waals surface area contributed by atoms with Gasteiger partial charge in [0.05, 0.1) is 43.3 Å². The highest BCUT2D eigenvalue weighted by atomic mass is 19.1.